The lowest BCUT2D eigenvalue weighted by molar-refractivity contribution is 0.0996. The van der Waals surface area contributed by atoms with E-state index in [1.165, 1.54) is 18.2 Å². The van der Waals surface area contributed by atoms with E-state index in [2.05, 4.69) is 5.32 Å². The topological polar surface area (TPSA) is 75.4 Å². The molecule has 0 aliphatic heterocycles. The highest BCUT2D eigenvalue weighted by Gasteiger charge is 2.16. The van der Waals surface area contributed by atoms with Gasteiger partial charge in [-0.2, -0.15) is 0 Å². The number of hydrogen-bond acceptors (Lipinski definition) is 3. The van der Waals surface area contributed by atoms with Crippen molar-refractivity contribution >= 4 is 40.5 Å². The minimum absolute atomic E-state index is 0.268. The number of anilines is 3. The molecule has 136 valence electrons. The Morgan fingerprint density at radius 3 is 2.33 bits per heavy atom. The summed E-state index contributed by atoms with van der Waals surface area (Å²) < 4.78 is 0. The van der Waals surface area contributed by atoms with Crippen molar-refractivity contribution in [2.45, 2.75) is 0 Å². The second-order valence-electron chi connectivity index (χ2n) is 5.92. The van der Waals surface area contributed by atoms with Crippen LogP contribution >= 0.6 is 11.6 Å². The third-order valence-corrected chi connectivity index (χ3v) is 4.48. The first kappa shape index (κ1) is 18.5. The fraction of sp³-hybridized carbons (Fsp3) is 0.0476. The molecule has 0 saturated heterocycles. The molecule has 0 spiro atoms. The third-order valence-electron chi connectivity index (χ3n) is 4.15. The Bertz CT molecular complexity index is 990. The van der Waals surface area contributed by atoms with Crippen LogP contribution in [0.5, 0.6) is 0 Å². The van der Waals surface area contributed by atoms with E-state index in [-0.39, 0.29) is 11.5 Å². The van der Waals surface area contributed by atoms with Crippen LogP contribution in [0.25, 0.3) is 0 Å². The van der Waals surface area contributed by atoms with E-state index < -0.39 is 5.91 Å². The molecule has 0 heterocycles. The van der Waals surface area contributed by atoms with Gasteiger partial charge in [0, 0.05) is 18.3 Å². The SMILES string of the molecule is CN(c1ccccc1)c1ccccc1C(=O)Nc1cc(C(N)=O)ccc1Cl. The zero-order valence-electron chi connectivity index (χ0n) is 14.6. The molecule has 0 atom stereocenters. The van der Waals surface area contributed by atoms with Gasteiger partial charge in [-0.1, -0.05) is 41.9 Å². The van der Waals surface area contributed by atoms with E-state index in [1.54, 1.807) is 12.1 Å². The van der Waals surface area contributed by atoms with Crippen LogP contribution in [0.15, 0.2) is 72.8 Å². The summed E-state index contributed by atoms with van der Waals surface area (Å²) in [5.41, 5.74) is 8.06. The molecule has 3 rings (SSSR count). The average Bonchev–Trinajstić information content (AvgIpc) is 2.69. The average molecular weight is 380 g/mol. The Morgan fingerprint density at radius 2 is 1.63 bits per heavy atom. The zero-order chi connectivity index (χ0) is 19.4. The van der Waals surface area contributed by atoms with Crippen LogP contribution in [0.2, 0.25) is 5.02 Å². The minimum Gasteiger partial charge on any atom is -0.366 e. The van der Waals surface area contributed by atoms with Crippen molar-refractivity contribution in [3.63, 3.8) is 0 Å². The Morgan fingerprint density at radius 1 is 0.963 bits per heavy atom. The predicted octanol–water partition coefficient (Wildman–Crippen LogP) is 4.46. The molecular formula is C21H18ClN3O2. The molecule has 0 fully saturated rings. The van der Waals surface area contributed by atoms with Crippen molar-refractivity contribution in [3.8, 4) is 0 Å². The molecular weight excluding hydrogens is 362 g/mol. The number of halogens is 1. The van der Waals surface area contributed by atoms with E-state index in [9.17, 15) is 9.59 Å². The number of para-hydroxylation sites is 2. The lowest BCUT2D eigenvalue weighted by atomic mass is 10.1. The number of nitrogens with two attached hydrogens (primary N) is 1. The highest BCUT2D eigenvalue weighted by atomic mass is 35.5. The maximum atomic E-state index is 12.9. The fourth-order valence-electron chi connectivity index (χ4n) is 2.71. The third kappa shape index (κ3) is 4.10. The second-order valence-corrected chi connectivity index (χ2v) is 6.33. The van der Waals surface area contributed by atoms with Gasteiger partial charge < -0.3 is 16.0 Å². The van der Waals surface area contributed by atoms with E-state index in [4.69, 9.17) is 17.3 Å². The Labute approximate surface area is 162 Å². The normalized spacial score (nSPS) is 10.3. The summed E-state index contributed by atoms with van der Waals surface area (Å²) in [6, 6.07) is 21.5. The Kier molecular flexibility index (Phi) is 5.43. The molecule has 3 aromatic carbocycles. The number of carbonyl (C=O) groups is 2. The van der Waals surface area contributed by atoms with Crippen molar-refractivity contribution in [1.29, 1.82) is 0 Å². The summed E-state index contributed by atoms with van der Waals surface area (Å²) in [5, 5.41) is 3.08. The highest BCUT2D eigenvalue weighted by Crippen LogP contribution is 2.29. The molecule has 0 bridgehead atoms. The lowest BCUT2D eigenvalue weighted by Gasteiger charge is -2.22. The molecule has 0 aromatic heterocycles. The van der Waals surface area contributed by atoms with Crippen LogP contribution in [0.1, 0.15) is 20.7 Å². The first-order chi connectivity index (χ1) is 13.0. The van der Waals surface area contributed by atoms with Gasteiger partial charge in [0.15, 0.2) is 0 Å². The van der Waals surface area contributed by atoms with Gasteiger partial charge in [0.25, 0.3) is 5.91 Å². The summed E-state index contributed by atoms with van der Waals surface area (Å²) in [7, 11) is 1.89. The van der Waals surface area contributed by atoms with Gasteiger partial charge in [0.2, 0.25) is 5.91 Å². The van der Waals surface area contributed by atoms with Gasteiger partial charge >= 0.3 is 0 Å². The summed E-state index contributed by atoms with van der Waals surface area (Å²) >= 11 is 6.15. The zero-order valence-corrected chi connectivity index (χ0v) is 15.4. The second kappa shape index (κ2) is 7.93. The quantitative estimate of drug-likeness (QED) is 0.687. The number of carbonyl (C=O) groups excluding carboxylic acids is 2. The van der Waals surface area contributed by atoms with E-state index in [1.807, 2.05) is 54.4 Å². The van der Waals surface area contributed by atoms with E-state index in [0.29, 0.717) is 16.3 Å². The van der Waals surface area contributed by atoms with E-state index in [0.717, 1.165) is 11.4 Å². The van der Waals surface area contributed by atoms with Crippen LogP contribution < -0.4 is 16.0 Å². The monoisotopic (exact) mass is 379 g/mol. The number of benzene rings is 3. The van der Waals surface area contributed by atoms with Crippen molar-refractivity contribution in [3.05, 3.63) is 88.9 Å². The predicted molar refractivity (Wildman–Crippen MR) is 109 cm³/mol. The van der Waals surface area contributed by atoms with Crippen LogP contribution in [-0.4, -0.2) is 18.9 Å². The van der Waals surface area contributed by atoms with Crippen molar-refractivity contribution < 1.29 is 9.59 Å². The van der Waals surface area contributed by atoms with Crippen LogP contribution in [0.4, 0.5) is 17.1 Å². The summed E-state index contributed by atoms with van der Waals surface area (Å²) in [5.74, 6) is -0.928. The summed E-state index contributed by atoms with van der Waals surface area (Å²) in [6.07, 6.45) is 0. The molecule has 0 radical (unpaired) electrons. The van der Waals surface area contributed by atoms with Crippen LogP contribution in [-0.2, 0) is 0 Å². The molecule has 0 aliphatic rings. The van der Waals surface area contributed by atoms with Gasteiger partial charge in [0.1, 0.15) is 0 Å². The van der Waals surface area contributed by atoms with Crippen molar-refractivity contribution in [1.82, 2.24) is 0 Å². The maximum absolute atomic E-state index is 12.9. The largest absolute Gasteiger partial charge is 0.366 e. The summed E-state index contributed by atoms with van der Waals surface area (Å²) in [6.45, 7) is 0. The number of rotatable bonds is 5. The molecule has 0 unspecified atom stereocenters. The van der Waals surface area contributed by atoms with Crippen LogP contribution in [0, 0.1) is 0 Å². The smallest absolute Gasteiger partial charge is 0.257 e. The van der Waals surface area contributed by atoms with Crippen molar-refractivity contribution in [2.75, 3.05) is 17.3 Å². The molecule has 5 nitrogen and oxygen atoms in total. The first-order valence-electron chi connectivity index (χ1n) is 8.26. The maximum Gasteiger partial charge on any atom is 0.257 e. The number of hydrogen-bond donors (Lipinski definition) is 2. The summed E-state index contributed by atoms with van der Waals surface area (Å²) in [4.78, 5) is 26.2. The first-order valence-corrected chi connectivity index (χ1v) is 8.63. The van der Waals surface area contributed by atoms with Crippen molar-refractivity contribution in [2.24, 2.45) is 5.73 Å². The number of amides is 2. The van der Waals surface area contributed by atoms with E-state index >= 15 is 0 Å². The van der Waals surface area contributed by atoms with Gasteiger partial charge in [-0.05, 0) is 42.5 Å². The van der Waals surface area contributed by atoms with Gasteiger partial charge in [0.05, 0.1) is 22.0 Å². The standard InChI is InChI=1S/C21H18ClN3O2/c1-25(15-7-3-2-4-8-15)19-10-6-5-9-16(19)21(27)24-18-13-14(20(23)26)11-12-17(18)22/h2-13H,1H3,(H2,23,26)(H,24,27). The van der Waals surface area contributed by atoms with Crippen LogP contribution in [0.3, 0.4) is 0 Å². The van der Waals surface area contributed by atoms with Gasteiger partial charge in [-0.15, -0.1) is 0 Å². The molecule has 0 aliphatic carbocycles. The molecule has 6 heteroatoms. The van der Waals surface area contributed by atoms with Gasteiger partial charge in [-0.25, -0.2) is 0 Å². The molecule has 2 amide bonds. The highest BCUT2D eigenvalue weighted by molar-refractivity contribution is 6.34. The minimum atomic E-state index is -0.591. The molecule has 0 saturated carbocycles. The number of nitrogens with one attached hydrogen (secondary N) is 1. The fourth-order valence-corrected chi connectivity index (χ4v) is 2.88. The lowest BCUT2D eigenvalue weighted by Crippen LogP contribution is -2.19. The molecule has 3 N–H and O–H groups in total. The number of nitrogens with zero attached hydrogens (tertiary/aromatic N) is 1. The Balaban J connectivity index is 1.93. The number of primary amides is 1. The molecule has 3 aromatic rings. The Hall–Kier alpha value is -3.31. The molecule has 27 heavy (non-hydrogen) atoms. The van der Waals surface area contributed by atoms with Gasteiger partial charge in [-0.3, -0.25) is 9.59 Å².